The molecule has 1 rings (SSSR count). The Morgan fingerprint density at radius 2 is 2.00 bits per heavy atom. The summed E-state index contributed by atoms with van der Waals surface area (Å²) in [6, 6.07) is 8.52. The molecule has 0 amide bonds. The summed E-state index contributed by atoms with van der Waals surface area (Å²) in [5.74, 6) is 0. The molecule has 0 aromatic heterocycles. The van der Waals surface area contributed by atoms with Crippen LogP contribution < -0.4 is 5.32 Å². The van der Waals surface area contributed by atoms with Gasteiger partial charge in [-0.1, -0.05) is 39.7 Å². The normalized spacial score (nSPS) is 11.8. The number of rotatable bonds is 5. The van der Waals surface area contributed by atoms with Crippen LogP contribution in [0.2, 0.25) is 0 Å². The summed E-state index contributed by atoms with van der Waals surface area (Å²) in [6.45, 7) is 3.25. The number of benzene rings is 1. The molecule has 0 saturated heterocycles. The van der Waals surface area contributed by atoms with Crippen molar-refractivity contribution in [2.75, 3.05) is 13.6 Å². The fourth-order valence-electron chi connectivity index (χ4n) is 1.46. The summed E-state index contributed by atoms with van der Waals surface area (Å²) in [5.41, 5.74) is 2.81. The van der Waals surface area contributed by atoms with Gasteiger partial charge in [-0.25, -0.2) is 0 Å². The molecule has 2 heteroatoms. The summed E-state index contributed by atoms with van der Waals surface area (Å²) < 4.78 is 1.14. The minimum absolute atomic E-state index is 1.05. The van der Waals surface area contributed by atoms with Gasteiger partial charge in [0.15, 0.2) is 0 Å². The van der Waals surface area contributed by atoms with Crippen molar-refractivity contribution in [3.05, 3.63) is 46.0 Å². The molecule has 0 unspecified atom stereocenters. The summed E-state index contributed by atoms with van der Waals surface area (Å²) in [4.78, 5) is 0. The molecule has 0 atom stereocenters. The first-order valence-electron chi connectivity index (χ1n) is 5.27. The average molecular weight is 268 g/mol. The van der Waals surface area contributed by atoms with E-state index in [1.807, 2.05) is 7.05 Å². The standard InChI is InChI=1S/C13H18BrN/c1-11(4-3-9-15-2)10-12-5-7-13(14)8-6-12/h4-8,15H,3,9-10H2,1-2H3. The van der Waals surface area contributed by atoms with Crippen molar-refractivity contribution in [2.24, 2.45) is 0 Å². The lowest BCUT2D eigenvalue weighted by molar-refractivity contribution is 0.803. The van der Waals surface area contributed by atoms with Gasteiger partial charge < -0.3 is 5.32 Å². The Kier molecular flexibility index (Phi) is 5.66. The average Bonchev–Trinajstić information content (AvgIpc) is 2.22. The van der Waals surface area contributed by atoms with Crippen LogP contribution in [0.25, 0.3) is 0 Å². The van der Waals surface area contributed by atoms with Crippen LogP contribution in [0.1, 0.15) is 18.9 Å². The van der Waals surface area contributed by atoms with Gasteiger partial charge in [0, 0.05) is 4.47 Å². The van der Waals surface area contributed by atoms with Crippen LogP contribution >= 0.6 is 15.9 Å². The first-order chi connectivity index (χ1) is 7.22. The first-order valence-corrected chi connectivity index (χ1v) is 6.06. The summed E-state index contributed by atoms with van der Waals surface area (Å²) >= 11 is 3.44. The van der Waals surface area contributed by atoms with Gasteiger partial charge in [0.25, 0.3) is 0 Å². The maximum absolute atomic E-state index is 3.44. The van der Waals surface area contributed by atoms with Crippen molar-refractivity contribution in [1.29, 1.82) is 0 Å². The van der Waals surface area contributed by atoms with E-state index in [4.69, 9.17) is 0 Å². The number of hydrogen-bond donors (Lipinski definition) is 1. The van der Waals surface area contributed by atoms with E-state index in [1.54, 1.807) is 0 Å². The van der Waals surface area contributed by atoms with Gasteiger partial charge in [0.05, 0.1) is 0 Å². The van der Waals surface area contributed by atoms with Crippen LogP contribution in [0, 0.1) is 0 Å². The number of allylic oxidation sites excluding steroid dienone is 1. The van der Waals surface area contributed by atoms with Gasteiger partial charge in [-0.15, -0.1) is 0 Å². The molecular formula is C13H18BrN. The van der Waals surface area contributed by atoms with Crippen molar-refractivity contribution in [3.63, 3.8) is 0 Å². The van der Waals surface area contributed by atoms with Crippen LogP contribution in [0.5, 0.6) is 0 Å². The second kappa shape index (κ2) is 6.81. The Labute approximate surface area is 101 Å². The Hall–Kier alpha value is -0.600. The maximum atomic E-state index is 3.44. The van der Waals surface area contributed by atoms with Crippen molar-refractivity contribution in [2.45, 2.75) is 19.8 Å². The van der Waals surface area contributed by atoms with E-state index in [1.165, 1.54) is 11.1 Å². The van der Waals surface area contributed by atoms with Crippen molar-refractivity contribution >= 4 is 15.9 Å². The minimum atomic E-state index is 1.05. The molecule has 1 N–H and O–H groups in total. The van der Waals surface area contributed by atoms with E-state index < -0.39 is 0 Å². The highest BCUT2D eigenvalue weighted by Crippen LogP contribution is 2.13. The SMILES string of the molecule is CNCCC=C(C)Cc1ccc(Br)cc1. The van der Waals surface area contributed by atoms with E-state index in [0.717, 1.165) is 23.9 Å². The largest absolute Gasteiger partial charge is 0.319 e. The van der Waals surface area contributed by atoms with Gasteiger partial charge >= 0.3 is 0 Å². The molecule has 0 radical (unpaired) electrons. The van der Waals surface area contributed by atoms with Gasteiger partial charge in [-0.05, 0) is 51.1 Å². The molecule has 15 heavy (non-hydrogen) atoms. The van der Waals surface area contributed by atoms with Crippen molar-refractivity contribution < 1.29 is 0 Å². The smallest absolute Gasteiger partial charge is 0.0175 e. The predicted molar refractivity (Wildman–Crippen MR) is 70.1 cm³/mol. The highest BCUT2D eigenvalue weighted by molar-refractivity contribution is 9.10. The van der Waals surface area contributed by atoms with Gasteiger partial charge in [0.2, 0.25) is 0 Å². The molecule has 1 aromatic rings. The fraction of sp³-hybridized carbons (Fsp3) is 0.385. The topological polar surface area (TPSA) is 12.0 Å². The van der Waals surface area contributed by atoms with Crippen LogP contribution in [0.3, 0.4) is 0 Å². The molecule has 1 aromatic carbocycles. The lowest BCUT2D eigenvalue weighted by Crippen LogP contribution is -2.06. The molecule has 0 aliphatic heterocycles. The van der Waals surface area contributed by atoms with Gasteiger partial charge in [0.1, 0.15) is 0 Å². The molecule has 0 aliphatic rings. The maximum Gasteiger partial charge on any atom is 0.0175 e. The third-order valence-corrected chi connectivity index (χ3v) is 2.81. The van der Waals surface area contributed by atoms with Crippen molar-refractivity contribution in [1.82, 2.24) is 5.32 Å². The summed E-state index contributed by atoms with van der Waals surface area (Å²) in [5, 5.41) is 3.14. The van der Waals surface area contributed by atoms with Crippen LogP contribution in [0.15, 0.2) is 40.4 Å². The molecule has 0 bridgehead atoms. The predicted octanol–water partition coefficient (Wildman–Crippen LogP) is 3.55. The van der Waals surface area contributed by atoms with Gasteiger partial charge in [-0.3, -0.25) is 0 Å². The van der Waals surface area contributed by atoms with E-state index in [0.29, 0.717) is 0 Å². The fourth-order valence-corrected chi connectivity index (χ4v) is 1.72. The van der Waals surface area contributed by atoms with Crippen LogP contribution in [-0.2, 0) is 6.42 Å². The summed E-state index contributed by atoms with van der Waals surface area (Å²) in [6.07, 6.45) is 4.47. The molecule has 0 spiro atoms. The van der Waals surface area contributed by atoms with Gasteiger partial charge in [-0.2, -0.15) is 0 Å². The quantitative estimate of drug-likeness (QED) is 0.636. The monoisotopic (exact) mass is 267 g/mol. The third kappa shape index (κ3) is 5.14. The zero-order chi connectivity index (χ0) is 11.1. The van der Waals surface area contributed by atoms with Crippen LogP contribution in [-0.4, -0.2) is 13.6 Å². The molecule has 0 aliphatic carbocycles. The van der Waals surface area contributed by atoms with E-state index >= 15 is 0 Å². The van der Waals surface area contributed by atoms with E-state index in [2.05, 4.69) is 58.5 Å². The molecule has 0 heterocycles. The first kappa shape index (κ1) is 12.5. The number of nitrogens with one attached hydrogen (secondary N) is 1. The molecule has 0 saturated carbocycles. The summed E-state index contributed by atoms with van der Waals surface area (Å²) in [7, 11) is 1.98. The van der Waals surface area contributed by atoms with E-state index in [9.17, 15) is 0 Å². The number of halogens is 1. The second-order valence-electron chi connectivity index (χ2n) is 3.75. The zero-order valence-electron chi connectivity index (χ0n) is 9.39. The molecule has 82 valence electrons. The molecule has 1 nitrogen and oxygen atoms in total. The second-order valence-corrected chi connectivity index (χ2v) is 4.66. The lowest BCUT2D eigenvalue weighted by Gasteiger charge is -2.02. The lowest BCUT2D eigenvalue weighted by atomic mass is 10.1. The minimum Gasteiger partial charge on any atom is -0.319 e. The van der Waals surface area contributed by atoms with Crippen LogP contribution in [0.4, 0.5) is 0 Å². The Balaban J connectivity index is 2.47. The Bertz CT molecular complexity index is 314. The Morgan fingerprint density at radius 1 is 1.33 bits per heavy atom. The third-order valence-electron chi connectivity index (χ3n) is 2.28. The Morgan fingerprint density at radius 3 is 2.60 bits per heavy atom. The highest BCUT2D eigenvalue weighted by atomic mass is 79.9. The number of hydrogen-bond acceptors (Lipinski definition) is 1. The highest BCUT2D eigenvalue weighted by Gasteiger charge is 1.94. The zero-order valence-corrected chi connectivity index (χ0v) is 11.0. The van der Waals surface area contributed by atoms with Crippen molar-refractivity contribution in [3.8, 4) is 0 Å². The molecular weight excluding hydrogens is 250 g/mol. The van der Waals surface area contributed by atoms with E-state index in [-0.39, 0.29) is 0 Å². The molecule has 0 fully saturated rings.